The van der Waals surface area contributed by atoms with Crippen molar-refractivity contribution in [3.8, 4) is 0 Å². The van der Waals surface area contributed by atoms with Crippen molar-refractivity contribution in [2.24, 2.45) is 5.73 Å². The van der Waals surface area contributed by atoms with E-state index in [1.807, 2.05) is 12.1 Å². The predicted molar refractivity (Wildman–Crippen MR) is 57.3 cm³/mol. The molecular weight excluding hydrogens is 209 g/mol. The predicted octanol–water partition coefficient (Wildman–Crippen LogP) is 2.14. The Morgan fingerprint density at radius 3 is 2.15 bits per heavy atom. The van der Waals surface area contributed by atoms with Crippen LogP contribution in [0.15, 0.2) is 24.3 Å². The Balaban J connectivity index is 0.00000144. The molecule has 13 heavy (non-hydrogen) atoms. The quantitative estimate of drug-likeness (QED) is 0.805. The van der Waals surface area contributed by atoms with E-state index in [4.69, 9.17) is 17.3 Å². The van der Waals surface area contributed by atoms with Gasteiger partial charge in [0.1, 0.15) is 0 Å². The highest BCUT2D eigenvalue weighted by Gasteiger charge is 2.10. The first-order valence-corrected chi connectivity index (χ1v) is 4.18. The van der Waals surface area contributed by atoms with Gasteiger partial charge < -0.3 is 10.8 Å². The van der Waals surface area contributed by atoms with E-state index in [1.165, 1.54) is 0 Å². The summed E-state index contributed by atoms with van der Waals surface area (Å²) in [5.74, 6) is 0. The summed E-state index contributed by atoms with van der Waals surface area (Å²) in [5.41, 5.74) is 6.59. The number of aliphatic hydroxyl groups is 1. The van der Waals surface area contributed by atoms with Crippen molar-refractivity contribution in [2.45, 2.75) is 19.1 Å². The molecule has 0 aliphatic rings. The molecule has 1 rings (SSSR count). The van der Waals surface area contributed by atoms with Crippen LogP contribution in [0.2, 0.25) is 5.02 Å². The van der Waals surface area contributed by atoms with Gasteiger partial charge in [0.15, 0.2) is 0 Å². The Morgan fingerprint density at radius 2 is 1.77 bits per heavy atom. The van der Waals surface area contributed by atoms with E-state index in [-0.39, 0.29) is 18.4 Å². The second-order valence-corrected chi connectivity index (χ2v) is 3.25. The second kappa shape index (κ2) is 5.45. The number of benzene rings is 1. The third-order valence-corrected chi connectivity index (χ3v) is 2.03. The monoisotopic (exact) mass is 221 g/mol. The smallest absolute Gasteiger partial charge is 0.0704 e. The third kappa shape index (κ3) is 3.53. The molecule has 0 bridgehead atoms. The molecule has 0 unspecified atom stereocenters. The zero-order valence-electron chi connectivity index (χ0n) is 7.27. The summed E-state index contributed by atoms with van der Waals surface area (Å²) in [6.07, 6.45) is -0.536. The average molecular weight is 222 g/mol. The molecule has 1 aromatic rings. The van der Waals surface area contributed by atoms with E-state index >= 15 is 0 Å². The van der Waals surface area contributed by atoms with E-state index in [2.05, 4.69) is 0 Å². The fraction of sp³-hybridized carbons (Fsp3) is 0.333. The van der Waals surface area contributed by atoms with E-state index in [9.17, 15) is 5.11 Å². The maximum Gasteiger partial charge on any atom is 0.0704 e. The Kier molecular flexibility index (Phi) is 5.33. The van der Waals surface area contributed by atoms with E-state index < -0.39 is 6.10 Å². The van der Waals surface area contributed by atoms with E-state index in [1.54, 1.807) is 19.1 Å². The van der Waals surface area contributed by atoms with Crippen molar-refractivity contribution in [3.05, 3.63) is 34.9 Å². The molecule has 0 heterocycles. The minimum absolute atomic E-state index is 0. The first-order chi connectivity index (χ1) is 5.61. The van der Waals surface area contributed by atoms with Gasteiger partial charge in [-0.3, -0.25) is 0 Å². The Labute approximate surface area is 89.1 Å². The van der Waals surface area contributed by atoms with Gasteiger partial charge in [-0.15, -0.1) is 12.4 Å². The molecule has 0 saturated carbocycles. The summed E-state index contributed by atoms with van der Waals surface area (Å²) in [5, 5.41) is 9.86. The van der Waals surface area contributed by atoms with Gasteiger partial charge in [0.05, 0.1) is 12.1 Å². The second-order valence-electron chi connectivity index (χ2n) is 2.82. The Bertz CT molecular complexity index is 248. The summed E-state index contributed by atoms with van der Waals surface area (Å²) in [6.45, 7) is 1.67. The molecule has 0 aliphatic carbocycles. The summed E-state index contributed by atoms with van der Waals surface area (Å²) in [4.78, 5) is 0. The van der Waals surface area contributed by atoms with Gasteiger partial charge in [0.25, 0.3) is 0 Å². The zero-order chi connectivity index (χ0) is 9.14. The Hall–Kier alpha value is -0.280. The number of aliphatic hydroxyl groups excluding tert-OH is 1. The summed E-state index contributed by atoms with van der Waals surface area (Å²) < 4.78 is 0. The maximum atomic E-state index is 9.19. The molecule has 0 amide bonds. The number of rotatable bonds is 2. The minimum Gasteiger partial charge on any atom is -0.391 e. The highest BCUT2D eigenvalue weighted by atomic mass is 35.5. The van der Waals surface area contributed by atoms with Crippen molar-refractivity contribution >= 4 is 24.0 Å². The molecule has 2 nitrogen and oxygen atoms in total. The molecule has 1 aromatic carbocycles. The molecule has 3 N–H and O–H groups in total. The van der Waals surface area contributed by atoms with Gasteiger partial charge in [-0.1, -0.05) is 23.7 Å². The van der Waals surface area contributed by atoms with Gasteiger partial charge in [0.2, 0.25) is 0 Å². The normalized spacial score (nSPS) is 14.5. The fourth-order valence-corrected chi connectivity index (χ4v) is 1.09. The van der Waals surface area contributed by atoms with Crippen molar-refractivity contribution in [1.29, 1.82) is 0 Å². The van der Waals surface area contributed by atoms with Crippen LogP contribution < -0.4 is 5.73 Å². The van der Waals surface area contributed by atoms with Crippen LogP contribution in [0.25, 0.3) is 0 Å². The molecule has 0 fully saturated rings. The van der Waals surface area contributed by atoms with Gasteiger partial charge in [-0.2, -0.15) is 0 Å². The maximum absolute atomic E-state index is 9.19. The van der Waals surface area contributed by atoms with Crippen LogP contribution in [-0.4, -0.2) is 11.2 Å². The average Bonchev–Trinajstić information content (AvgIpc) is 2.04. The lowest BCUT2D eigenvalue weighted by Gasteiger charge is -2.14. The van der Waals surface area contributed by atoms with E-state index in [0.29, 0.717) is 5.02 Å². The third-order valence-electron chi connectivity index (χ3n) is 1.77. The van der Waals surface area contributed by atoms with Crippen LogP contribution >= 0.6 is 24.0 Å². The first kappa shape index (κ1) is 12.7. The Morgan fingerprint density at radius 1 is 1.31 bits per heavy atom. The van der Waals surface area contributed by atoms with E-state index in [0.717, 1.165) is 5.56 Å². The largest absolute Gasteiger partial charge is 0.391 e. The zero-order valence-corrected chi connectivity index (χ0v) is 8.85. The summed E-state index contributed by atoms with van der Waals surface area (Å²) in [7, 11) is 0. The first-order valence-electron chi connectivity index (χ1n) is 3.80. The van der Waals surface area contributed by atoms with Crippen LogP contribution in [0.1, 0.15) is 18.5 Å². The fourth-order valence-electron chi connectivity index (χ4n) is 0.964. The molecule has 0 saturated heterocycles. The number of halogens is 2. The number of nitrogens with two attached hydrogens (primary N) is 1. The SMILES string of the molecule is C[C@@H](O)[C@@H](N)c1ccc(Cl)cc1.Cl. The van der Waals surface area contributed by atoms with Gasteiger partial charge >= 0.3 is 0 Å². The number of hydrogen-bond donors (Lipinski definition) is 2. The lowest BCUT2D eigenvalue weighted by molar-refractivity contribution is 0.164. The lowest BCUT2D eigenvalue weighted by atomic mass is 10.0. The summed E-state index contributed by atoms with van der Waals surface area (Å²) in [6, 6.07) is 6.83. The standard InChI is InChI=1S/C9H12ClNO.ClH/c1-6(12)9(11)7-2-4-8(10)5-3-7;/h2-6,9,12H,11H2,1H3;1H/t6-,9-;/m1./s1. The van der Waals surface area contributed by atoms with Crippen LogP contribution in [0.4, 0.5) is 0 Å². The van der Waals surface area contributed by atoms with Crippen LogP contribution in [0, 0.1) is 0 Å². The van der Waals surface area contributed by atoms with Crippen molar-refractivity contribution in [1.82, 2.24) is 0 Å². The molecule has 0 aromatic heterocycles. The molecule has 4 heteroatoms. The molecule has 74 valence electrons. The van der Waals surface area contributed by atoms with Crippen molar-refractivity contribution < 1.29 is 5.11 Å². The van der Waals surface area contributed by atoms with Crippen LogP contribution in [-0.2, 0) is 0 Å². The highest BCUT2D eigenvalue weighted by Crippen LogP contribution is 2.16. The number of hydrogen-bond acceptors (Lipinski definition) is 2. The summed E-state index contributed by atoms with van der Waals surface area (Å²) >= 11 is 5.69. The highest BCUT2D eigenvalue weighted by molar-refractivity contribution is 6.30. The van der Waals surface area contributed by atoms with Crippen molar-refractivity contribution in [2.75, 3.05) is 0 Å². The molecular formula is C9H13Cl2NO. The lowest BCUT2D eigenvalue weighted by Crippen LogP contribution is -2.22. The molecule has 2 atom stereocenters. The van der Waals surface area contributed by atoms with Gasteiger partial charge in [0, 0.05) is 5.02 Å². The molecule has 0 aliphatic heterocycles. The van der Waals surface area contributed by atoms with Gasteiger partial charge in [-0.05, 0) is 24.6 Å². The van der Waals surface area contributed by atoms with Crippen LogP contribution in [0.5, 0.6) is 0 Å². The van der Waals surface area contributed by atoms with Crippen molar-refractivity contribution in [3.63, 3.8) is 0 Å². The molecule has 0 radical (unpaired) electrons. The van der Waals surface area contributed by atoms with Gasteiger partial charge in [-0.25, -0.2) is 0 Å². The topological polar surface area (TPSA) is 46.2 Å². The minimum atomic E-state index is -0.536. The van der Waals surface area contributed by atoms with Crippen LogP contribution in [0.3, 0.4) is 0 Å². The molecule has 0 spiro atoms.